The third-order valence-corrected chi connectivity index (χ3v) is 7.13. The van der Waals surface area contributed by atoms with E-state index in [1.54, 1.807) is 12.1 Å². The van der Waals surface area contributed by atoms with Gasteiger partial charge >= 0.3 is 0 Å². The highest BCUT2D eigenvalue weighted by Gasteiger charge is 2.17. The Hall–Kier alpha value is -2.95. The first-order valence-electron chi connectivity index (χ1n) is 9.87. The zero-order chi connectivity index (χ0) is 22.8. The minimum Gasteiger partial charge on any atom is -0.298 e. The fraction of sp³-hybridized carbons (Fsp3) is 0.160. The van der Waals surface area contributed by atoms with Gasteiger partial charge in [0.05, 0.1) is 16.0 Å². The van der Waals surface area contributed by atoms with Crippen molar-refractivity contribution < 1.29 is 22.4 Å². The van der Waals surface area contributed by atoms with E-state index in [1.165, 1.54) is 34.8 Å². The Balaban J connectivity index is 1.62. The Morgan fingerprint density at radius 1 is 0.844 bits per heavy atom. The van der Waals surface area contributed by atoms with Gasteiger partial charge in [0.2, 0.25) is 0 Å². The number of aldehydes is 1. The van der Waals surface area contributed by atoms with Gasteiger partial charge in [0.15, 0.2) is 6.29 Å². The fourth-order valence-electron chi connectivity index (χ4n) is 3.31. The van der Waals surface area contributed by atoms with Crippen molar-refractivity contribution in [1.82, 2.24) is 0 Å². The number of aryl methyl sites for hydroxylation is 1. The molecule has 0 spiro atoms. The predicted octanol–water partition coefficient (Wildman–Crippen LogP) is 7.74. The van der Waals surface area contributed by atoms with Crippen molar-refractivity contribution in [3.05, 3.63) is 81.2 Å². The Bertz CT molecular complexity index is 1310. The third-order valence-electron chi connectivity index (χ3n) is 4.90. The molecule has 0 aliphatic heterocycles. The maximum Gasteiger partial charge on any atom is 0.155 e. The van der Waals surface area contributed by atoms with E-state index in [9.17, 15) is 22.4 Å². The number of halogens is 4. The molecule has 162 valence electrons. The molecule has 1 nitrogen and oxygen atoms in total. The molecule has 4 rings (SSSR count). The Kier molecular flexibility index (Phi) is 6.45. The van der Waals surface area contributed by atoms with E-state index in [0.29, 0.717) is 21.7 Å². The van der Waals surface area contributed by atoms with Crippen LogP contribution in [0.25, 0.3) is 19.8 Å². The zero-order valence-corrected chi connectivity index (χ0v) is 18.5. The smallest absolute Gasteiger partial charge is 0.155 e. The van der Waals surface area contributed by atoms with Crippen LogP contribution in [-0.4, -0.2) is 6.29 Å². The van der Waals surface area contributed by atoms with Crippen molar-refractivity contribution >= 4 is 38.4 Å². The summed E-state index contributed by atoms with van der Waals surface area (Å²) < 4.78 is 58.3. The molecule has 0 aliphatic carbocycles. The number of hydrogen-bond donors (Lipinski definition) is 0. The van der Waals surface area contributed by atoms with E-state index in [1.807, 2.05) is 6.92 Å². The van der Waals surface area contributed by atoms with Crippen molar-refractivity contribution in [3.8, 4) is 22.3 Å². The molecule has 7 heteroatoms. The maximum atomic E-state index is 14.6. The molecule has 2 aromatic carbocycles. The van der Waals surface area contributed by atoms with Crippen LogP contribution < -0.4 is 0 Å². The minimum absolute atomic E-state index is 0.0347. The summed E-state index contributed by atoms with van der Waals surface area (Å²) in [6.45, 7) is 2.03. The normalized spacial score (nSPS) is 10.9. The predicted molar refractivity (Wildman–Crippen MR) is 121 cm³/mol. The van der Waals surface area contributed by atoms with Gasteiger partial charge in [0, 0.05) is 19.8 Å². The van der Waals surface area contributed by atoms with Crippen LogP contribution in [0.3, 0.4) is 0 Å². The van der Waals surface area contributed by atoms with Crippen LogP contribution in [0.1, 0.15) is 46.1 Å². The van der Waals surface area contributed by atoms with Gasteiger partial charge in [-0.15, -0.1) is 22.7 Å². The Morgan fingerprint density at radius 3 is 2.09 bits per heavy atom. The van der Waals surface area contributed by atoms with E-state index < -0.39 is 28.8 Å². The molecule has 0 fully saturated rings. The first kappa shape index (κ1) is 22.3. The minimum atomic E-state index is -0.967. The number of thiophene rings is 2. The lowest BCUT2D eigenvalue weighted by Crippen LogP contribution is -1.94. The topological polar surface area (TPSA) is 17.1 Å². The lowest BCUT2D eigenvalue weighted by atomic mass is 10.0. The Labute approximate surface area is 190 Å². The van der Waals surface area contributed by atoms with Crippen LogP contribution in [0.4, 0.5) is 17.6 Å². The van der Waals surface area contributed by atoms with Crippen molar-refractivity contribution in [1.29, 1.82) is 0 Å². The number of hydrogen-bond acceptors (Lipinski definition) is 3. The number of carbonyl (C=O) groups excluding carboxylic acids is 1. The van der Waals surface area contributed by atoms with E-state index >= 15 is 0 Å². The van der Waals surface area contributed by atoms with Crippen molar-refractivity contribution in [2.45, 2.75) is 26.2 Å². The SMILES string of the molecule is CCCCc1cc(F)c(-c2cc3sc(C#Cc4cc(F)c(C=O)c(F)c4)cc3s2)c(F)c1. The molecule has 2 aromatic heterocycles. The summed E-state index contributed by atoms with van der Waals surface area (Å²) in [5.74, 6) is 2.44. The molecule has 4 aromatic rings. The highest BCUT2D eigenvalue weighted by atomic mass is 32.1. The molecule has 32 heavy (non-hydrogen) atoms. The van der Waals surface area contributed by atoms with Gasteiger partial charge in [0.25, 0.3) is 0 Å². The largest absolute Gasteiger partial charge is 0.298 e. The molecule has 0 amide bonds. The first-order chi connectivity index (χ1) is 15.4. The van der Waals surface area contributed by atoms with E-state index in [4.69, 9.17) is 0 Å². The summed E-state index contributed by atoms with van der Waals surface area (Å²) in [4.78, 5) is 11.8. The molecule has 0 N–H and O–H groups in total. The standard InChI is InChI=1S/C25H16F4OS2/c1-2-3-4-14-9-20(28)25(21(29)10-14)24-12-23-22(32-24)11-16(31-23)6-5-15-7-18(26)17(13-30)19(27)8-15/h7-13H,2-4H2,1H3. The second-order valence-corrected chi connectivity index (χ2v) is 9.38. The van der Waals surface area contributed by atoms with Crippen LogP contribution in [-0.2, 0) is 6.42 Å². The average molecular weight is 473 g/mol. The van der Waals surface area contributed by atoms with Gasteiger partial charge < -0.3 is 0 Å². The van der Waals surface area contributed by atoms with Gasteiger partial charge in [-0.05, 0) is 54.8 Å². The summed E-state index contributed by atoms with van der Waals surface area (Å²) in [5, 5.41) is 0. The van der Waals surface area contributed by atoms with E-state index in [-0.39, 0.29) is 17.4 Å². The van der Waals surface area contributed by atoms with Crippen LogP contribution in [0, 0.1) is 35.1 Å². The molecule has 0 unspecified atom stereocenters. The first-order valence-corrected chi connectivity index (χ1v) is 11.5. The van der Waals surface area contributed by atoms with Crippen LogP contribution in [0.5, 0.6) is 0 Å². The number of unbranched alkanes of at least 4 members (excludes halogenated alkanes) is 1. The number of rotatable bonds is 5. The monoisotopic (exact) mass is 472 g/mol. The molecule has 2 heterocycles. The lowest BCUT2D eigenvalue weighted by Gasteiger charge is -2.06. The highest BCUT2D eigenvalue weighted by Crippen LogP contribution is 2.40. The second-order valence-electron chi connectivity index (χ2n) is 7.21. The average Bonchev–Trinajstić information content (AvgIpc) is 3.29. The van der Waals surface area contributed by atoms with Gasteiger partial charge in [-0.1, -0.05) is 25.2 Å². The van der Waals surface area contributed by atoms with Gasteiger partial charge in [0.1, 0.15) is 23.3 Å². The van der Waals surface area contributed by atoms with Crippen LogP contribution in [0.2, 0.25) is 0 Å². The van der Waals surface area contributed by atoms with Crippen molar-refractivity contribution in [2.75, 3.05) is 0 Å². The molecule has 0 aliphatic rings. The number of fused-ring (bicyclic) bond motifs is 1. The summed E-state index contributed by atoms with van der Waals surface area (Å²) >= 11 is 2.58. The van der Waals surface area contributed by atoms with E-state index in [2.05, 4.69) is 11.8 Å². The number of carbonyl (C=O) groups is 1. The van der Waals surface area contributed by atoms with Gasteiger partial charge in [-0.2, -0.15) is 0 Å². The van der Waals surface area contributed by atoms with Gasteiger partial charge in [-0.25, -0.2) is 17.6 Å². The molecule has 0 radical (unpaired) electrons. The number of benzene rings is 2. The van der Waals surface area contributed by atoms with Crippen molar-refractivity contribution in [2.24, 2.45) is 0 Å². The zero-order valence-electron chi connectivity index (χ0n) is 16.9. The summed E-state index contributed by atoms with van der Waals surface area (Å²) in [5.41, 5.74) is 0.0935. The fourth-order valence-corrected chi connectivity index (χ4v) is 5.61. The summed E-state index contributed by atoms with van der Waals surface area (Å²) in [7, 11) is 0. The quantitative estimate of drug-likeness (QED) is 0.165. The molecule has 0 bridgehead atoms. The molecular weight excluding hydrogens is 456 g/mol. The summed E-state index contributed by atoms with van der Waals surface area (Å²) in [6.07, 6.45) is 2.58. The van der Waals surface area contributed by atoms with Crippen LogP contribution >= 0.6 is 22.7 Å². The summed E-state index contributed by atoms with van der Waals surface area (Å²) in [6, 6.07) is 8.30. The van der Waals surface area contributed by atoms with Gasteiger partial charge in [-0.3, -0.25) is 4.79 Å². The molecule has 0 saturated carbocycles. The molecule has 0 atom stereocenters. The lowest BCUT2D eigenvalue weighted by molar-refractivity contribution is 0.111. The Morgan fingerprint density at radius 2 is 1.50 bits per heavy atom. The van der Waals surface area contributed by atoms with Crippen molar-refractivity contribution in [3.63, 3.8) is 0 Å². The van der Waals surface area contributed by atoms with Crippen LogP contribution in [0.15, 0.2) is 36.4 Å². The maximum absolute atomic E-state index is 14.6. The molecule has 0 saturated heterocycles. The molecular formula is C25H16F4OS2. The third kappa shape index (κ3) is 4.47. The second kappa shape index (κ2) is 9.27. The van der Waals surface area contributed by atoms with E-state index in [0.717, 1.165) is 34.4 Å². The highest BCUT2D eigenvalue weighted by molar-refractivity contribution is 7.29.